The standard InChI is InChI=1S/C20H23N5S/c1-4-24(5-2)18-12-8-16(9-13-18)14-21-25-19(22-23-20(25)26)17-10-6-15(3)7-11-17/h6-14H,4-5H2,1-3H3,(H,23,26)/b21-14+. The van der Waals surface area contributed by atoms with Crippen LogP contribution in [-0.4, -0.2) is 34.2 Å². The van der Waals surface area contributed by atoms with E-state index in [-0.39, 0.29) is 0 Å². The van der Waals surface area contributed by atoms with Crippen molar-refractivity contribution in [3.8, 4) is 11.4 Å². The van der Waals surface area contributed by atoms with Crippen molar-refractivity contribution >= 4 is 24.1 Å². The summed E-state index contributed by atoms with van der Waals surface area (Å²) < 4.78 is 2.12. The zero-order valence-electron chi connectivity index (χ0n) is 15.3. The average molecular weight is 366 g/mol. The topological polar surface area (TPSA) is 49.2 Å². The highest BCUT2D eigenvalue weighted by molar-refractivity contribution is 7.71. The quantitative estimate of drug-likeness (QED) is 0.511. The molecule has 0 fully saturated rings. The lowest BCUT2D eigenvalue weighted by Gasteiger charge is -2.20. The third-order valence-electron chi connectivity index (χ3n) is 4.30. The van der Waals surface area contributed by atoms with Crippen molar-refractivity contribution in [2.75, 3.05) is 18.0 Å². The van der Waals surface area contributed by atoms with Crippen LogP contribution >= 0.6 is 12.2 Å². The molecule has 1 heterocycles. The lowest BCUT2D eigenvalue weighted by molar-refractivity contribution is 0.865. The summed E-state index contributed by atoms with van der Waals surface area (Å²) in [4.78, 5) is 2.31. The van der Waals surface area contributed by atoms with Gasteiger partial charge in [0, 0.05) is 24.3 Å². The van der Waals surface area contributed by atoms with Crippen LogP contribution in [0.25, 0.3) is 11.4 Å². The largest absolute Gasteiger partial charge is 0.372 e. The third kappa shape index (κ3) is 3.91. The number of aromatic nitrogens is 3. The van der Waals surface area contributed by atoms with Crippen molar-refractivity contribution < 1.29 is 0 Å². The first-order chi connectivity index (χ1) is 12.6. The van der Waals surface area contributed by atoms with Gasteiger partial charge in [0.25, 0.3) is 0 Å². The molecule has 1 aromatic heterocycles. The second kappa shape index (κ2) is 8.10. The molecular formula is C20H23N5S. The first kappa shape index (κ1) is 18.1. The fourth-order valence-electron chi connectivity index (χ4n) is 2.77. The Balaban J connectivity index is 1.86. The van der Waals surface area contributed by atoms with Crippen LogP contribution in [0, 0.1) is 11.7 Å². The van der Waals surface area contributed by atoms with Gasteiger partial charge in [0.1, 0.15) is 0 Å². The molecule has 0 saturated carbocycles. The van der Waals surface area contributed by atoms with E-state index in [1.807, 2.05) is 24.3 Å². The van der Waals surface area contributed by atoms with Gasteiger partial charge in [-0.05, 0) is 50.7 Å². The third-order valence-corrected chi connectivity index (χ3v) is 4.57. The van der Waals surface area contributed by atoms with Crippen LogP contribution in [0.5, 0.6) is 0 Å². The maximum Gasteiger partial charge on any atom is 0.216 e. The Morgan fingerprint density at radius 2 is 1.73 bits per heavy atom. The lowest BCUT2D eigenvalue weighted by atomic mass is 10.1. The molecule has 134 valence electrons. The molecule has 1 N–H and O–H groups in total. The van der Waals surface area contributed by atoms with Crippen LogP contribution in [0.4, 0.5) is 5.69 Å². The maximum atomic E-state index is 5.32. The number of hydrogen-bond donors (Lipinski definition) is 1. The summed E-state index contributed by atoms with van der Waals surface area (Å²) in [6.07, 6.45) is 1.80. The van der Waals surface area contributed by atoms with Gasteiger partial charge >= 0.3 is 0 Å². The number of nitrogens with one attached hydrogen (secondary N) is 1. The zero-order chi connectivity index (χ0) is 18.5. The van der Waals surface area contributed by atoms with Gasteiger partial charge in [-0.2, -0.15) is 14.9 Å². The Hall–Kier alpha value is -2.73. The van der Waals surface area contributed by atoms with Gasteiger partial charge in [-0.3, -0.25) is 0 Å². The molecule has 2 aromatic carbocycles. The lowest BCUT2D eigenvalue weighted by Crippen LogP contribution is -2.21. The minimum atomic E-state index is 0.469. The van der Waals surface area contributed by atoms with E-state index in [0.29, 0.717) is 10.6 Å². The van der Waals surface area contributed by atoms with Gasteiger partial charge in [-0.25, -0.2) is 5.10 Å². The van der Waals surface area contributed by atoms with Gasteiger partial charge in [0.2, 0.25) is 4.77 Å². The summed E-state index contributed by atoms with van der Waals surface area (Å²) >= 11 is 5.32. The SMILES string of the molecule is CCN(CC)c1ccc(/C=N/n2c(-c3ccc(C)cc3)n[nH]c2=S)cc1. The van der Waals surface area contributed by atoms with E-state index >= 15 is 0 Å². The van der Waals surface area contributed by atoms with Crippen LogP contribution in [0.2, 0.25) is 0 Å². The number of nitrogens with zero attached hydrogens (tertiary/aromatic N) is 4. The fourth-order valence-corrected chi connectivity index (χ4v) is 2.95. The summed E-state index contributed by atoms with van der Waals surface area (Å²) in [5.74, 6) is 0.700. The van der Waals surface area contributed by atoms with E-state index in [9.17, 15) is 0 Å². The minimum absolute atomic E-state index is 0.469. The van der Waals surface area contributed by atoms with Crippen LogP contribution < -0.4 is 4.90 Å². The van der Waals surface area contributed by atoms with Crippen LogP contribution in [-0.2, 0) is 0 Å². The van der Waals surface area contributed by atoms with Crippen LogP contribution in [0.3, 0.4) is 0 Å². The number of benzene rings is 2. The average Bonchev–Trinajstić information content (AvgIpc) is 3.03. The molecule has 6 heteroatoms. The smallest absolute Gasteiger partial charge is 0.216 e. The van der Waals surface area contributed by atoms with Gasteiger partial charge in [-0.1, -0.05) is 42.0 Å². The zero-order valence-corrected chi connectivity index (χ0v) is 16.1. The predicted molar refractivity (Wildman–Crippen MR) is 111 cm³/mol. The van der Waals surface area contributed by atoms with Crippen molar-refractivity contribution in [3.63, 3.8) is 0 Å². The van der Waals surface area contributed by atoms with Crippen LogP contribution in [0.1, 0.15) is 25.0 Å². The molecule has 0 bridgehead atoms. The number of H-pyrrole nitrogens is 1. The normalized spacial score (nSPS) is 11.2. The highest BCUT2D eigenvalue weighted by atomic mass is 32.1. The number of aryl methyl sites for hydroxylation is 1. The van der Waals surface area contributed by atoms with Crippen molar-refractivity contribution in [3.05, 3.63) is 64.4 Å². The molecule has 3 rings (SSSR count). The second-order valence-electron chi connectivity index (χ2n) is 6.04. The molecular weight excluding hydrogens is 342 g/mol. The minimum Gasteiger partial charge on any atom is -0.372 e. The van der Waals surface area contributed by atoms with Gasteiger partial charge in [0.05, 0.1) is 6.21 Å². The molecule has 0 radical (unpaired) electrons. The van der Waals surface area contributed by atoms with E-state index in [2.05, 4.69) is 65.2 Å². The second-order valence-corrected chi connectivity index (χ2v) is 6.43. The molecule has 5 nitrogen and oxygen atoms in total. The highest BCUT2D eigenvalue weighted by Crippen LogP contribution is 2.18. The number of anilines is 1. The van der Waals surface area contributed by atoms with Crippen LogP contribution in [0.15, 0.2) is 53.6 Å². The Morgan fingerprint density at radius 1 is 1.08 bits per heavy atom. The molecule has 3 aromatic rings. The number of aromatic amines is 1. The molecule has 0 aliphatic rings. The van der Waals surface area contributed by atoms with Crippen molar-refractivity contribution in [2.45, 2.75) is 20.8 Å². The van der Waals surface area contributed by atoms with Crippen molar-refractivity contribution in [2.24, 2.45) is 5.10 Å². The van der Waals surface area contributed by atoms with E-state index in [1.165, 1.54) is 11.3 Å². The molecule has 26 heavy (non-hydrogen) atoms. The van der Waals surface area contributed by atoms with E-state index < -0.39 is 0 Å². The first-order valence-corrected chi connectivity index (χ1v) is 9.17. The molecule has 0 aliphatic carbocycles. The van der Waals surface area contributed by atoms with E-state index in [4.69, 9.17) is 12.2 Å². The summed E-state index contributed by atoms with van der Waals surface area (Å²) in [7, 11) is 0. The maximum absolute atomic E-state index is 5.32. The molecule has 0 saturated heterocycles. The van der Waals surface area contributed by atoms with Crippen molar-refractivity contribution in [1.29, 1.82) is 0 Å². The number of rotatable bonds is 6. The summed E-state index contributed by atoms with van der Waals surface area (Å²) in [5.41, 5.74) is 4.40. The summed E-state index contributed by atoms with van der Waals surface area (Å²) in [6, 6.07) is 16.5. The Bertz CT molecular complexity index is 932. The van der Waals surface area contributed by atoms with Gasteiger partial charge in [0.15, 0.2) is 5.82 Å². The Labute approximate surface area is 159 Å². The summed E-state index contributed by atoms with van der Waals surface area (Å²) in [6.45, 7) is 8.36. The highest BCUT2D eigenvalue weighted by Gasteiger charge is 2.07. The monoisotopic (exact) mass is 365 g/mol. The predicted octanol–water partition coefficient (Wildman–Crippen LogP) is 4.64. The van der Waals surface area contributed by atoms with Gasteiger partial charge in [-0.15, -0.1) is 0 Å². The molecule has 0 spiro atoms. The Morgan fingerprint density at radius 3 is 2.35 bits per heavy atom. The van der Waals surface area contributed by atoms with Crippen molar-refractivity contribution in [1.82, 2.24) is 14.9 Å². The molecule has 0 amide bonds. The fraction of sp³-hybridized carbons (Fsp3) is 0.250. The Kier molecular flexibility index (Phi) is 5.63. The molecule has 0 unspecified atom stereocenters. The molecule has 0 atom stereocenters. The molecule has 0 aliphatic heterocycles. The van der Waals surface area contributed by atoms with E-state index in [0.717, 1.165) is 24.2 Å². The summed E-state index contributed by atoms with van der Waals surface area (Å²) in [5, 5.41) is 11.7. The first-order valence-electron chi connectivity index (χ1n) is 8.76. The number of hydrogen-bond acceptors (Lipinski definition) is 4. The van der Waals surface area contributed by atoms with E-state index in [1.54, 1.807) is 10.9 Å². The van der Waals surface area contributed by atoms with Gasteiger partial charge < -0.3 is 4.90 Å².